The van der Waals surface area contributed by atoms with Gasteiger partial charge in [0.05, 0.1) is 28.8 Å². The molecule has 3 rings (SSSR count). The average Bonchev–Trinajstić information content (AvgIpc) is 2.68. The topological polar surface area (TPSA) is 131 Å². The lowest BCUT2D eigenvalue weighted by Gasteiger charge is -2.29. The highest BCUT2D eigenvalue weighted by molar-refractivity contribution is 6.04. The number of phenolic OH excluding ortho intramolecular Hbond substituents is 1. The monoisotopic (exact) mass is 383 g/mol. The number of nitrogens with zero attached hydrogens (tertiary/aromatic N) is 1. The number of ether oxygens (including phenoxy) is 1. The lowest BCUT2D eigenvalue weighted by atomic mass is 9.92. The summed E-state index contributed by atoms with van der Waals surface area (Å²) < 4.78 is 5.13. The van der Waals surface area contributed by atoms with E-state index >= 15 is 0 Å². The Morgan fingerprint density at radius 3 is 2.61 bits per heavy atom. The molecule has 9 nitrogen and oxygen atoms in total. The molecule has 2 amide bonds. The summed E-state index contributed by atoms with van der Waals surface area (Å²) in [7, 11) is 0. The molecule has 2 aromatic rings. The smallest absolute Gasteiger partial charge is 0.338 e. The van der Waals surface area contributed by atoms with Crippen LogP contribution in [-0.4, -0.2) is 28.6 Å². The second kappa shape index (κ2) is 7.78. The van der Waals surface area contributed by atoms with Gasteiger partial charge < -0.3 is 20.5 Å². The molecule has 1 heterocycles. The Bertz CT molecular complexity index is 971. The van der Waals surface area contributed by atoms with E-state index in [0.717, 1.165) is 18.2 Å². The lowest BCUT2D eigenvalue weighted by molar-refractivity contribution is -0.385. The van der Waals surface area contributed by atoms with Gasteiger partial charge in [0.25, 0.3) is 5.69 Å². The van der Waals surface area contributed by atoms with Gasteiger partial charge in [-0.2, -0.15) is 0 Å². The fourth-order valence-corrected chi connectivity index (χ4v) is 2.95. The molecule has 0 bridgehead atoms. The average molecular weight is 383 g/mol. The molecule has 0 fully saturated rings. The maximum atomic E-state index is 12.7. The molecule has 0 aliphatic carbocycles. The Kier molecular flexibility index (Phi) is 5.25. The molecular weight excluding hydrogens is 366 g/mol. The van der Waals surface area contributed by atoms with Crippen molar-refractivity contribution in [3.8, 4) is 5.75 Å². The number of amides is 2. The summed E-state index contributed by atoms with van der Waals surface area (Å²) >= 11 is 0. The second-order valence-corrected chi connectivity index (χ2v) is 5.91. The maximum absolute atomic E-state index is 12.7. The van der Waals surface area contributed by atoms with Crippen molar-refractivity contribution in [2.45, 2.75) is 13.0 Å². The number of rotatable bonds is 5. The van der Waals surface area contributed by atoms with Crippen LogP contribution in [0.2, 0.25) is 0 Å². The molecule has 0 saturated heterocycles. The molecule has 0 aromatic heterocycles. The van der Waals surface area contributed by atoms with Crippen LogP contribution in [0.1, 0.15) is 24.1 Å². The summed E-state index contributed by atoms with van der Waals surface area (Å²) in [4.78, 5) is 35.5. The van der Waals surface area contributed by atoms with E-state index < -0.39 is 23.0 Å². The van der Waals surface area contributed by atoms with Crippen molar-refractivity contribution in [2.24, 2.45) is 0 Å². The molecule has 144 valence electrons. The third-order valence-electron chi connectivity index (χ3n) is 4.16. The van der Waals surface area contributed by atoms with Gasteiger partial charge in [-0.1, -0.05) is 30.3 Å². The van der Waals surface area contributed by atoms with Gasteiger partial charge in [-0.05, 0) is 18.6 Å². The molecule has 0 saturated carbocycles. The highest BCUT2D eigenvalue weighted by Crippen LogP contribution is 2.37. The Morgan fingerprint density at radius 2 is 1.96 bits per heavy atom. The van der Waals surface area contributed by atoms with Crippen LogP contribution in [0.15, 0.2) is 54.1 Å². The van der Waals surface area contributed by atoms with E-state index in [0.29, 0.717) is 5.56 Å². The number of aromatic hydroxyl groups is 1. The molecular formula is C19H17N3O6. The predicted octanol–water partition coefficient (Wildman–Crippen LogP) is 2.63. The molecule has 0 radical (unpaired) electrons. The summed E-state index contributed by atoms with van der Waals surface area (Å²) in [5.41, 5.74) is 0.517. The molecule has 0 unspecified atom stereocenters. The number of nitrogens with one attached hydrogen (secondary N) is 2. The highest BCUT2D eigenvalue weighted by Gasteiger charge is 2.36. The first-order valence-electron chi connectivity index (χ1n) is 8.44. The van der Waals surface area contributed by atoms with Gasteiger partial charge in [0, 0.05) is 17.7 Å². The molecule has 9 heteroatoms. The van der Waals surface area contributed by atoms with Crippen LogP contribution in [0, 0.1) is 10.1 Å². The largest absolute Gasteiger partial charge is 0.508 e. The molecule has 1 atom stereocenters. The van der Waals surface area contributed by atoms with Crippen molar-refractivity contribution in [2.75, 3.05) is 6.61 Å². The molecule has 1 aliphatic heterocycles. The number of nitro groups is 1. The standard InChI is InChI=1S/C19H17N3O6/c1-2-28-18(24)15-16(11-6-4-3-5-7-11)20-19(25)21-17(15)13-10-12(22(26)27)8-9-14(13)23/h3-10,17,23H,2H2,1H3,(H2,20,21,25)/t17-/m0/s1. The minimum atomic E-state index is -1.14. The summed E-state index contributed by atoms with van der Waals surface area (Å²) in [6.07, 6.45) is 0. The zero-order chi connectivity index (χ0) is 20.3. The molecule has 3 N–H and O–H groups in total. The van der Waals surface area contributed by atoms with Crippen LogP contribution in [0.4, 0.5) is 10.5 Å². The number of non-ortho nitro benzene ring substituents is 1. The van der Waals surface area contributed by atoms with Crippen LogP contribution in [0.3, 0.4) is 0 Å². The van der Waals surface area contributed by atoms with E-state index in [4.69, 9.17) is 4.74 Å². The number of carbonyl (C=O) groups is 2. The fraction of sp³-hybridized carbons (Fsp3) is 0.158. The summed E-state index contributed by atoms with van der Waals surface area (Å²) in [6, 6.07) is 10.3. The summed E-state index contributed by atoms with van der Waals surface area (Å²) in [5.74, 6) is -1.02. The van der Waals surface area contributed by atoms with Crippen LogP contribution < -0.4 is 10.6 Å². The van der Waals surface area contributed by atoms with Crippen LogP contribution in [0.5, 0.6) is 5.75 Å². The van der Waals surface area contributed by atoms with Gasteiger partial charge in [0.1, 0.15) is 5.75 Å². The van der Waals surface area contributed by atoms with E-state index in [2.05, 4.69) is 10.6 Å². The number of hydrogen-bond donors (Lipinski definition) is 3. The number of benzene rings is 2. The SMILES string of the molecule is CCOC(=O)C1=C(c2ccccc2)NC(=O)N[C@H]1c1cc([N+](=O)[O-])ccc1O. The number of phenols is 1. The Labute approximate surface area is 159 Å². The second-order valence-electron chi connectivity index (χ2n) is 5.91. The van der Waals surface area contributed by atoms with E-state index in [1.54, 1.807) is 37.3 Å². The van der Waals surface area contributed by atoms with Crippen molar-refractivity contribution < 1.29 is 24.4 Å². The third-order valence-corrected chi connectivity index (χ3v) is 4.16. The van der Waals surface area contributed by atoms with Gasteiger partial charge in [-0.15, -0.1) is 0 Å². The number of urea groups is 1. The van der Waals surface area contributed by atoms with Crippen molar-refractivity contribution in [3.63, 3.8) is 0 Å². The van der Waals surface area contributed by atoms with Crippen molar-refractivity contribution >= 4 is 23.4 Å². The highest BCUT2D eigenvalue weighted by atomic mass is 16.6. The van der Waals surface area contributed by atoms with Gasteiger partial charge in [0.2, 0.25) is 0 Å². The minimum absolute atomic E-state index is 0.0144. The third kappa shape index (κ3) is 3.63. The van der Waals surface area contributed by atoms with Gasteiger partial charge >= 0.3 is 12.0 Å². The number of carbonyl (C=O) groups excluding carboxylic acids is 2. The van der Waals surface area contributed by atoms with E-state index in [1.165, 1.54) is 0 Å². The first-order valence-corrected chi connectivity index (χ1v) is 8.44. The van der Waals surface area contributed by atoms with Gasteiger partial charge in [-0.3, -0.25) is 10.1 Å². The van der Waals surface area contributed by atoms with Crippen molar-refractivity contribution in [3.05, 3.63) is 75.3 Å². The number of esters is 1. The molecule has 2 aromatic carbocycles. The predicted molar refractivity (Wildman–Crippen MR) is 99.2 cm³/mol. The lowest BCUT2D eigenvalue weighted by Crippen LogP contribution is -2.45. The quantitative estimate of drug-likeness (QED) is 0.413. The molecule has 28 heavy (non-hydrogen) atoms. The van der Waals surface area contributed by atoms with Crippen molar-refractivity contribution in [1.29, 1.82) is 0 Å². The first-order chi connectivity index (χ1) is 13.4. The van der Waals surface area contributed by atoms with Crippen LogP contribution >= 0.6 is 0 Å². The Balaban J connectivity index is 2.23. The zero-order valence-electron chi connectivity index (χ0n) is 14.8. The minimum Gasteiger partial charge on any atom is -0.508 e. The summed E-state index contributed by atoms with van der Waals surface area (Å²) in [5, 5.41) is 26.5. The Morgan fingerprint density at radius 1 is 1.25 bits per heavy atom. The maximum Gasteiger partial charge on any atom is 0.338 e. The number of nitro benzene ring substituents is 1. The first kappa shape index (κ1) is 18.9. The van der Waals surface area contributed by atoms with Gasteiger partial charge in [0.15, 0.2) is 0 Å². The molecule has 1 aliphatic rings. The van der Waals surface area contributed by atoms with Crippen LogP contribution in [-0.2, 0) is 9.53 Å². The van der Waals surface area contributed by atoms with Crippen molar-refractivity contribution in [1.82, 2.24) is 10.6 Å². The van der Waals surface area contributed by atoms with Crippen LogP contribution in [0.25, 0.3) is 5.70 Å². The normalized spacial score (nSPS) is 16.2. The Hall–Kier alpha value is -3.88. The number of hydrogen-bond acceptors (Lipinski definition) is 6. The van der Waals surface area contributed by atoms with E-state index in [1.807, 2.05) is 0 Å². The zero-order valence-corrected chi connectivity index (χ0v) is 14.8. The van der Waals surface area contributed by atoms with E-state index in [9.17, 15) is 24.8 Å². The van der Waals surface area contributed by atoms with Gasteiger partial charge in [-0.25, -0.2) is 9.59 Å². The molecule has 0 spiro atoms. The fourth-order valence-electron chi connectivity index (χ4n) is 2.95. The summed E-state index contributed by atoms with van der Waals surface area (Å²) in [6.45, 7) is 1.72. The van der Waals surface area contributed by atoms with E-state index in [-0.39, 0.29) is 34.9 Å².